The second-order valence-corrected chi connectivity index (χ2v) is 10.4. The molecule has 0 bridgehead atoms. The van der Waals surface area contributed by atoms with Gasteiger partial charge in [0.2, 0.25) is 0 Å². The number of pyridine rings is 1. The molecule has 9 nitrogen and oxygen atoms in total. The number of hydrogen-bond acceptors (Lipinski definition) is 7. The Hall–Kier alpha value is -5.14. The molecule has 0 spiro atoms. The minimum absolute atomic E-state index is 0.122. The fourth-order valence-electron chi connectivity index (χ4n) is 4.80. The number of amides is 1. The van der Waals surface area contributed by atoms with Crippen LogP contribution in [0.5, 0.6) is 0 Å². The van der Waals surface area contributed by atoms with Crippen molar-refractivity contribution in [2.45, 2.75) is 19.9 Å². The van der Waals surface area contributed by atoms with Crippen molar-refractivity contribution in [3.05, 3.63) is 104 Å². The Morgan fingerprint density at radius 2 is 2.00 bits per heavy atom. The third-order valence-corrected chi connectivity index (χ3v) is 7.50. The van der Waals surface area contributed by atoms with Gasteiger partial charge in [-0.1, -0.05) is 36.3 Å². The van der Waals surface area contributed by atoms with Crippen LogP contribution in [-0.2, 0) is 0 Å². The number of aryl methyl sites for hydroxylation is 1. The number of rotatable bonds is 4. The van der Waals surface area contributed by atoms with Crippen LogP contribution in [0, 0.1) is 18.8 Å². The van der Waals surface area contributed by atoms with Crippen LogP contribution >= 0.6 is 11.3 Å². The van der Waals surface area contributed by atoms with Crippen LogP contribution in [0.25, 0.3) is 22.7 Å². The number of benzene rings is 2. The van der Waals surface area contributed by atoms with Crippen LogP contribution in [0.1, 0.15) is 45.2 Å². The Labute approximate surface area is 234 Å². The summed E-state index contributed by atoms with van der Waals surface area (Å²) < 4.78 is 3.17. The molecule has 1 aliphatic rings. The van der Waals surface area contributed by atoms with Crippen molar-refractivity contribution >= 4 is 45.9 Å². The molecule has 0 radical (unpaired) electrons. The molecule has 1 unspecified atom stereocenters. The third kappa shape index (κ3) is 4.42. The molecule has 0 aliphatic carbocycles. The summed E-state index contributed by atoms with van der Waals surface area (Å²) in [5.41, 5.74) is 10.5. The van der Waals surface area contributed by atoms with Gasteiger partial charge in [0.15, 0.2) is 5.82 Å². The Morgan fingerprint density at radius 3 is 2.77 bits per heavy atom. The van der Waals surface area contributed by atoms with Crippen molar-refractivity contribution in [2.75, 3.05) is 17.6 Å². The molecule has 0 saturated carbocycles. The number of thiazole rings is 1. The largest absolute Gasteiger partial charge is 0.381 e. The molecular weight excluding hydrogens is 522 g/mol. The SMILES string of the molecule is Cc1scnc1C#Cc1cccc2cc(C(C)NC(=O)c3c(N)nn4c3NCC=C4)n(-c3ccccc3)c(=O)c12. The van der Waals surface area contributed by atoms with E-state index in [0.717, 1.165) is 10.3 Å². The lowest BCUT2D eigenvalue weighted by molar-refractivity contribution is 0.0940. The molecule has 1 aliphatic heterocycles. The van der Waals surface area contributed by atoms with E-state index < -0.39 is 6.04 Å². The van der Waals surface area contributed by atoms with Gasteiger partial charge in [-0.2, -0.15) is 0 Å². The molecule has 40 heavy (non-hydrogen) atoms. The Balaban J connectivity index is 1.47. The predicted molar refractivity (Wildman–Crippen MR) is 159 cm³/mol. The smallest absolute Gasteiger partial charge is 0.264 e. The number of para-hydroxylation sites is 1. The van der Waals surface area contributed by atoms with Crippen LogP contribution in [0.3, 0.4) is 0 Å². The highest BCUT2D eigenvalue weighted by Gasteiger charge is 2.26. The van der Waals surface area contributed by atoms with Crippen molar-refractivity contribution in [1.29, 1.82) is 0 Å². The van der Waals surface area contributed by atoms with E-state index in [-0.39, 0.29) is 22.8 Å². The third-order valence-electron chi connectivity index (χ3n) is 6.74. The first kappa shape index (κ1) is 25.2. The normalized spacial score (nSPS) is 12.8. The molecule has 4 heterocycles. The Morgan fingerprint density at radius 1 is 1.18 bits per heavy atom. The van der Waals surface area contributed by atoms with E-state index in [0.29, 0.717) is 40.4 Å². The fraction of sp³-hybridized carbons (Fsp3) is 0.133. The number of nitrogens with one attached hydrogen (secondary N) is 2. The van der Waals surface area contributed by atoms with E-state index in [9.17, 15) is 9.59 Å². The van der Waals surface area contributed by atoms with Crippen LogP contribution in [0.4, 0.5) is 11.6 Å². The Bertz CT molecular complexity index is 1920. The van der Waals surface area contributed by atoms with E-state index in [2.05, 4.69) is 32.6 Å². The summed E-state index contributed by atoms with van der Waals surface area (Å²) in [5.74, 6) is 6.53. The number of nitrogen functional groups attached to an aromatic ring is 1. The van der Waals surface area contributed by atoms with Crippen molar-refractivity contribution in [2.24, 2.45) is 0 Å². The summed E-state index contributed by atoms with van der Waals surface area (Å²) in [4.78, 5) is 33.0. The van der Waals surface area contributed by atoms with Gasteiger partial charge in [-0.15, -0.1) is 16.4 Å². The molecule has 1 amide bonds. The monoisotopic (exact) mass is 547 g/mol. The summed E-state index contributed by atoms with van der Waals surface area (Å²) in [6.07, 6.45) is 3.64. The quantitative estimate of drug-likeness (QED) is 0.288. The van der Waals surface area contributed by atoms with Gasteiger partial charge >= 0.3 is 0 Å². The van der Waals surface area contributed by atoms with E-state index in [1.165, 1.54) is 11.3 Å². The predicted octanol–water partition coefficient (Wildman–Crippen LogP) is 4.32. The Kier molecular flexibility index (Phi) is 6.42. The molecule has 10 heteroatoms. The number of carbonyl (C=O) groups excluding carboxylic acids is 1. The number of hydrogen-bond donors (Lipinski definition) is 3. The maximum absolute atomic E-state index is 14.2. The first-order chi connectivity index (χ1) is 19.4. The molecular formula is C30H25N7O2S. The molecule has 198 valence electrons. The number of nitrogens with zero attached hydrogens (tertiary/aromatic N) is 4. The highest BCUT2D eigenvalue weighted by Crippen LogP contribution is 2.27. The van der Waals surface area contributed by atoms with Gasteiger partial charge in [0, 0.05) is 34.6 Å². The van der Waals surface area contributed by atoms with Gasteiger partial charge in [-0.25, -0.2) is 9.67 Å². The van der Waals surface area contributed by atoms with Crippen molar-refractivity contribution in [3.8, 4) is 17.5 Å². The van der Waals surface area contributed by atoms with E-state index in [1.54, 1.807) is 21.0 Å². The first-order valence-corrected chi connectivity index (χ1v) is 13.6. The highest BCUT2D eigenvalue weighted by molar-refractivity contribution is 7.09. The standard InChI is InChI=1S/C30H25N7O2S/c1-18(34-29(38)26-27(31)35-36-15-7-14-32-28(26)36)24-16-21-9-6-8-20(12-13-23-19(2)40-17-33-23)25(21)30(39)37(24)22-10-4-3-5-11-22/h3-11,15-18,32H,14H2,1-2H3,(H2,31,35)(H,34,38). The van der Waals surface area contributed by atoms with Gasteiger partial charge < -0.3 is 16.4 Å². The van der Waals surface area contributed by atoms with Crippen LogP contribution in [-0.4, -0.2) is 31.8 Å². The molecule has 0 fully saturated rings. The summed E-state index contributed by atoms with van der Waals surface area (Å²) >= 11 is 1.53. The lowest BCUT2D eigenvalue weighted by Gasteiger charge is -2.21. The van der Waals surface area contributed by atoms with E-state index in [4.69, 9.17) is 5.73 Å². The van der Waals surface area contributed by atoms with Gasteiger partial charge in [-0.05, 0) is 55.5 Å². The maximum Gasteiger partial charge on any atom is 0.264 e. The average Bonchev–Trinajstić information content (AvgIpc) is 3.53. The average molecular weight is 548 g/mol. The van der Waals surface area contributed by atoms with Crippen LogP contribution < -0.4 is 21.9 Å². The van der Waals surface area contributed by atoms with Gasteiger partial charge in [-0.3, -0.25) is 14.2 Å². The van der Waals surface area contributed by atoms with E-state index >= 15 is 0 Å². The van der Waals surface area contributed by atoms with Crippen molar-refractivity contribution < 1.29 is 4.79 Å². The molecule has 3 aromatic heterocycles. The first-order valence-electron chi connectivity index (χ1n) is 12.7. The second-order valence-electron chi connectivity index (χ2n) is 9.34. The molecule has 4 N–H and O–H groups in total. The minimum atomic E-state index is -0.550. The highest BCUT2D eigenvalue weighted by atomic mass is 32.1. The maximum atomic E-state index is 14.2. The number of carbonyl (C=O) groups is 1. The van der Waals surface area contributed by atoms with Gasteiger partial charge in [0.05, 0.1) is 16.9 Å². The number of nitrogens with two attached hydrogens (primary N) is 1. The molecule has 1 atom stereocenters. The van der Waals surface area contributed by atoms with Crippen molar-refractivity contribution in [1.82, 2.24) is 24.6 Å². The second kappa shape index (κ2) is 10.2. The van der Waals surface area contributed by atoms with Crippen molar-refractivity contribution in [3.63, 3.8) is 0 Å². The molecule has 2 aromatic carbocycles. The molecule has 0 saturated heterocycles. The number of aromatic nitrogens is 4. The summed E-state index contributed by atoms with van der Waals surface area (Å²) in [5, 5.41) is 11.6. The lowest BCUT2D eigenvalue weighted by atomic mass is 10.0. The molecule has 5 aromatic rings. The number of fused-ring (bicyclic) bond motifs is 2. The molecule has 6 rings (SSSR count). The lowest BCUT2D eigenvalue weighted by Crippen LogP contribution is -2.33. The summed E-state index contributed by atoms with van der Waals surface area (Å²) in [6.45, 7) is 4.37. The van der Waals surface area contributed by atoms with E-state index in [1.807, 2.05) is 74.5 Å². The number of anilines is 2. The van der Waals surface area contributed by atoms with Crippen LogP contribution in [0.15, 0.2) is 71.0 Å². The fourth-order valence-corrected chi connectivity index (χ4v) is 5.34. The summed E-state index contributed by atoms with van der Waals surface area (Å²) in [7, 11) is 0. The summed E-state index contributed by atoms with van der Waals surface area (Å²) in [6, 6.07) is 16.3. The minimum Gasteiger partial charge on any atom is -0.381 e. The topological polar surface area (TPSA) is 120 Å². The van der Waals surface area contributed by atoms with Gasteiger partial charge in [0.25, 0.3) is 11.5 Å². The zero-order valence-electron chi connectivity index (χ0n) is 21.8. The van der Waals surface area contributed by atoms with Gasteiger partial charge in [0.1, 0.15) is 17.1 Å². The zero-order chi connectivity index (χ0) is 27.8. The zero-order valence-corrected chi connectivity index (χ0v) is 22.6. The van der Waals surface area contributed by atoms with Crippen LogP contribution in [0.2, 0.25) is 0 Å².